The highest BCUT2D eigenvalue weighted by Crippen LogP contribution is 2.20. The minimum absolute atomic E-state index is 0.00340. The van der Waals surface area contributed by atoms with Gasteiger partial charge in [-0.1, -0.05) is 6.92 Å². The third-order valence-corrected chi connectivity index (χ3v) is 3.21. The van der Waals surface area contributed by atoms with Crippen molar-refractivity contribution in [1.82, 2.24) is 5.32 Å². The van der Waals surface area contributed by atoms with Gasteiger partial charge in [-0.2, -0.15) is 0 Å². The Hall–Kier alpha value is -2.37. The van der Waals surface area contributed by atoms with Crippen LogP contribution in [0.1, 0.15) is 36.2 Å². The minimum Gasteiger partial charge on any atom is -0.496 e. The Morgan fingerprint density at radius 2 is 2.00 bits per heavy atom. The Morgan fingerprint density at radius 1 is 1.32 bits per heavy atom. The first-order valence-electron chi connectivity index (χ1n) is 6.99. The van der Waals surface area contributed by atoms with Gasteiger partial charge in [0.25, 0.3) is 0 Å². The van der Waals surface area contributed by atoms with Crippen LogP contribution in [0, 0.1) is 5.92 Å². The highest BCUT2D eigenvalue weighted by atomic mass is 16.5. The van der Waals surface area contributed by atoms with Crippen molar-refractivity contribution in [3.05, 3.63) is 29.3 Å². The summed E-state index contributed by atoms with van der Waals surface area (Å²) in [4.78, 5) is 33.9. The summed E-state index contributed by atoms with van der Waals surface area (Å²) in [6.45, 7) is 3.50. The fourth-order valence-electron chi connectivity index (χ4n) is 2.03. The van der Waals surface area contributed by atoms with Crippen LogP contribution in [0.25, 0.3) is 0 Å². The molecular weight excluding hydrogens is 286 g/mol. The molecule has 0 aliphatic rings. The number of carbonyl (C=O) groups excluding carboxylic acids is 2. The van der Waals surface area contributed by atoms with E-state index in [-0.39, 0.29) is 30.4 Å². The molecule has 2 N–H and O–H groups in total. The molecule has 120 valence electrons. The lowest BCUT2D eigenvalue weighted by Crippen LogP contribution is -2.30. The SMILES string of the molecule is COc1ccc(C(C)=O)cc1CC(=O)NCC(C)CC(=O)O. The zero-order valence-corrected chi connectivity index (χ0v) is 13.0. The number of methoxy groups -OCH3 is 1. The summed E-state index contributed by atoms with van der Waals surface area (Å²) >= 11 is 0. The van der Waals surface area contributed by atoms with Crippen molar-refractivity contribution in [2.45, 2.75) is 26.7 Å². The molecule has 6 heteroatoms. The molecule has 1 aromatic carbocycles. The van der Waals surface area contributed by atoms with Gasteiger partial charge in [0.1, 0.15) is 5.75 Å². The van der Waals surface area contributed by atoms with Gasteiger partial charge in [-0.25, -0.2) is 0 Å². The number of amides is 1. The molecule has 0 bridgehead atoms. The zero-order valence-electron chi connectivity index (χ0n) is 13.0. The van der Waals surface area contributed by atoms with Gasteiger partial charge >= 0.3 is 5.97 Å². The molecule has 0 spiro atoms. The topological polar surface area (TPSA) is 92.7 Å². The first-order valence-corrected chi connectivity index (χ1v) is 6.99. The number of ether oxygens (including phenoxy) is 1. The first-order chi connectivity index (χ1) is 10.3. The highest BCUT2D eigenvalue weighted by Gasteiger charge is 2.13. The summed E-state index contributed by atoms with van der Waals surface area (Å²) < 4.78 is 5.19. The van der Waals surface area contributed by atoms with Crippen LogP contribution in [0.5, 0.6) is 5.75 Å². The number of carboxylic acids is 1. The second-order valence-electron chi connectivity index (χ2n) is 5.27. The van der Waals surface area contributed by atoms with Crippen molar-refractivity contribution in [2.75, 3.05) is 13.7 Å². The Kier molecular flexibility index (Phi) is 6.56. The molecule has 1 atom stereocenters. The molecule has 1 aromatic rings. The van der Waals surface area contributed by atoms with Gasteiger partial charge < -0.3 is 15.2 Å². The van der Waals surface area contributed by atoms with E-state index in [2.05, 4.69) is 5.32 Å². The molecule has 0 radical (unpaired) electrons. The van der Waals surface area contributed by atoms with Crippen LogP contribution in [-0.4, -0.2) is 36.4 Å². The Bertz CT molecular complexity index is 568. The van der Waals surface area contributed by atoms with Gasteiger partial charge in [0.15, 0.2) is 5.78 Å². The lowest BCUT2D eigenvalue weighted by atomic mass is 10.0. The zero-order chi connectivity index (χ0) is 16.7. The molecule has 0 saturated carbocycles. The third-order valence-electron chi connectivity index (χ3n) is 3.21. The van der Waals surface area contributed by atoms with Gasteiger partial charge in [-0.3, -0.25) is 14.4 Å². The largest absolute Gasteiger partial charge is 0.496 e. The molecule has 1 unspecified atom stereocenters. The van der Waals surface area contributed by atoms with Gasteiger partial charge in [-0.15, -0.1) is 0 Å². The molecule has 0 fully saturated rings. The number of aliphatic carboxylic acids is 1. The quantitative estimate of drug-likeness (QED) is 0.713. The predicted octanol–water partition coefficient (Wildman–Crippen LogP) is 1.67. The molecule has 0 aliphatic carbocycles. The fraction of sp³-hybridized carbons (Fsp3) is 0.438. The van der Waals surface area contributed by atoms with Crippen molar-refractivity contribution < 1.29 is 24.2 Å². The first kappa shape index (κ1) is 17.7. The van der Waals surface area contributed by atoms with Crippen LogP contribution >= 0.6 is 0 Å². The van der Waals surface area contributed by atoms with Crippen LogP contribution in [0.2, 0.25) is 0 Å². The monoisotopic (exact) mass is 307 g/mol. The number of benzene rings is 1. The molecule has 0 aromatic heterocycles. The minimum atomic E-state index is -0.891. The lowest BCUT2D eigenvalue weighted by Gasteiger charge is -2.12. The summed E-state index contributed by atoms with van der Waals surface area (Å²) in [6, 6.07) is 4.95. The molecular formula is C16H21NO5. The number of ketones is 1. The predicted molar refractivity (Wildman–Crippen MR) is 81.1 cm³/mol. The van der Waals surface area contributed by atoms with Crippen molar-refractivity contribution >= 4 is 17.7 Å². The van der Waals surface area contributed by atoms with Crippen molar-refractivity contribution in [3.8, 4) is 5.75 Å². The smallest absolute Gasteiger partial charge is 0.303 e. The van der Waals surface area contributed by atoms with E-state index in [9.17, 15) is 14.4 Å². The van der Waals surface area contributed by atoms with Crippen molar-refractivity contribution in [2.24, 2.45) is 5.92 Å². The maximum Gasteiger partial charge on any atom is 0.303 e. The standard InChI is InChI=1S/C16H21NO5/c1-10(6-16(20)21)9-17-15(19)8-13-7-12(11(2)18)4-5-14(13)22-3/h4-5,7,10H,6,8-9H2,1-3H3,(H,17,19)(H,20,21). The van der Waals surface area contributed by atoms with Crippen LogP contribution in [0.15, 0.2) is 18.2 Å². The number of nitrogens with one attached hydrogen (secondary N) is 1. The molecule has 0 heterocycles. The Morgan fingerprint density at radius 3 is 2.55 bits per heavy atom. The number of hydrogen-bond acceptors (Lipinski definition) is 4. The van der Waals surface area contributed by atoms with Crippen LogP contribution in [-0.2, 0) is 16.0 Å². The number of rotatable bonds is 8. The van der Waals surface area contributed by atoms with Crippen LogP contribution < -0.4 is 10.1 Å². The van der Waals surface area contributed by atoms with E-state index in [1.54, 1.807) is 25.1 Å². The maximum atomic E-state index is 12.0. The number of hydrogen-bond donors (Lipinski definition) is 2. The normalized spacial score (nSPS) is 11.6. The number of carbonyl (C=O) groups is 3. The van der Waals surface area contributed by atoms with E-state index in [0.717, 1.165) is 0 Å². The van der Waals surface area contributed by atoms with Crippen molar-refractivity contribution in [3.63, 3.8) is 0 Å². The second kappa shape index (κ2) is 8.17. The van der Waals surface area contributed by atoms with E-state index < -0.39 is 5.97 Å². The summed E-state index contributed by atoms with van der Waals surface area (Å²) in [7, 11) is 1.50. The molecule has 0 aliphatic heterocycles. The third kappa shape index (κ3) is 5.55. The maximum absolute atomic E-state index is 12.0. The summed E-state index contributed by atoms with van der Waals surface area (Å²) in [6.07, 6.45) is 0.0769. The number of carboxylic acid groups (broad SMARTS) is 1. The van der Waals surface area contributed by atoms with Crippen LogP contribution in [0.4, 0.5) is 0 Å². The summed E-state index contributed by atoms with van der Waals surface area (Å²) in [5, 5.41) is 11.4. The second-order valence-corrected chi connectivity index (χ2v) is 5.27. The van der Waals surface area contributed by atoms with E-state index in [0.29, 0.717) is 23.4 Å². The molecule has 22 heavy (non-hydrogen) atoms. The Balaban J connectivity index is 2.68. The molecule has 1 amide bonds. The fourth-order valence-corrected chi connectivity index (χ4v) is 2.03. The highest BCUT2D eigenvalue weighted by molar-refractivity contribution is 5.94. The Labute approximate surface area is 129 Å². The summed E-state index contributed by atoms with van der Waals surface area (Å²) in [5.74, 6) is -0.821. The van der Waals surface area contributed by atoms with Gasteiger partial charge in [0.05, 0.1) is 13.5 Å². The molecule has 1 rings (SSSR count). The van der Waals surface area contributed by atoms with E-state index in [4.69, 9.17) is 9.84 Å². The molecule has 6 nitrogen and oxygen atoms in total. The van der Waals surface area contributed by atoms with Gasteiger partial charge in [0.2, 0.25) is 5.91 Å². The van der Waals surface area contributed by atoms with E-state index in [1.165, 1.54) is 14.0 Å². The van der Waals surface area contributed by atoms with Gasteiger partial charge in [0, 0.05) is 24.1 Å². The van der Waals surface area contributed by atoms with E-state index in [1.807, 2.05) is 0 Å². The average molecular weight is 307 g/mol. The lowest BCUT2D eigenvalue weighted by molar-refractivity contribution is -0.138. The van der Waals surface area contributed by atoms with Crippen LogP contribution in [0.3, 0.4) is 0 Å². The average Bonchev–Trinajstić information content (AvgIpc) is 2.44. The molecule has 0 saturated heterocycles. The van der Waals surface area contributed by atoms with E-state index >= 15 is 0 Å². The summed E-state index contributed by atoms with van der Waals surface area (Å²) in [5.41, 5.74) is 1.14. The number of Topliss-reactive ketones (excluding diaryl/α,β-unsaturated/α-hetero) is 1. The van der Waals surface area contributed by atoms with Gasteiger partial charge in [-0.05, 0) is 31.0 Å². The van der Waals surface area contributed by atoms with Crippen molar-refractivity contribution in [1.29, 1.82) is 0 Å².